The van der Waals surface area contributed by atoms with Gasteiger partial charge in [0, 0.05) is 0 Å². The summed E-state index contributed by atoms with van der Waals surface area (Å²) in [7, 11) is 0. The molecule has 0 aromatic heterocycles. The molecule has 0 fully saturated rings. The second-order valence-corrected chi connectivity index (χ2v) is 2.53. The third-order valence-corrected chi connectivity index (χ3v) is 1.55. The van der Waals surface area contributed by atoms with Crippen LogP contribution >= 0.6 is 0 Å². The van der Waals surface area contributed by atoms with E-state index >= 15 is 0 Å². The van der Waals surface area contributed by atoms with Gasteiger partial charge in [-0.3, -0.25) is 0 Å². The van der Waals surface area contributed by atoms with Gasteiger partial charge >= 0.3 is 6.18 Å². The van der Waals surface area contributed by atoms with Crippen LogP contribution in [0.1, 0.15) is 11.1 Å². The van der Waals surface area contributed by atoms with Crippen molar-refractivity contribution in [3.8, 4) is 0 Å². The Morgan fingerprint density at radius 2 is 1.83 bits per heavy atom. The molecule has 1 rings (SSSR count). The van der Waals surface area contributed by atoms with Gasteiger partial charge in [-0.25, -0.2) is 0 Å². The molecule has 0 amide bonds. The quantitative estimate of drug-likeness (QED) is 0.572. The lowest BCUT2D eigenvalue weighted by atomic mass is 10.1. The molecule has 0 unspecified atom stereocenters. The fourth-order valence-corrected chi connectivity index (χ4v) is 0.840. The first kappa shape index (κ1) is 8.90. The highest BCUT2D eigenvalue weighted by atomic mass is 19.4. The smallest absolute Gasteiger partial charge is 0.416 e. The number of halogens is 3. The van der Waals surface area contributed by atoms with Crippen molar-refractivity contribution in [3.63, 3.8) is 0 Å². The Morgan fingerprint density at radius 3 is 2.25 bits per heavy atom. The maximum Gasteiger partial charge on any atom is 0.416 e. The Hall–Kier alpha value is -1.19. The van der Waals surface area contributed by atoms with Crippen LogP contribution in [0.3, 0.4) is 0 Å². The normalized spacial score (nSPS) is 11.7. The summed E-state index contributed by atoms with van der Waals surface area (Å²) in [5, 5.41) is 0. The van der Waals surface area contributed by atoms with Crippen LogP contribution in [0.5, 0.6) is 0 Å². The maximum absolute atomic E-state index is 12.0. The van der Waals surface area contributed by atoms with Crippen molar-refractivity contribution in [1.29, 1.82) is 0 Å². The highest BCUT2D eigenvalue weighted by molar-refractivity contribution is 5.51. The molecule has 0 atom stereocenters. The van der Waals surface area contributed by atoms with E-state index in [9.17, 15) is 13.2 Å². The fraction of sp³-hybridized carbons (Fsp3) is 0.250. The fourth-order valence-electron chi connectivity index (χ4n) is 0.840. The van der Waals surface area contributed by atoms with Crippen LogP contribution in [0, 0.1) is 6.92 Å². The Balaban J connectivity index is 3.14. The molecule has 1 N–H and O–H groups in total. The van der Waals surface area contributed by atoms with E-state index in [2.05, 4.69) is 0 Å². The van der Waals surface area contributed by atoms with Crippen molar-refractivity contribution in [2.24, 2.45) is 0 Å². The molecule has 4 heteroatoms. The van der Waals surface area contributed by atoms with Crippen molar-refractivity contribution in [3.05, 3.63) is 35.1 Å². The first-order valence-corrected chi connectivity index (χ1v) is 3.30. The van der Waals surface area contributed by atoms with Crippen molar-refractivity contribution < 1.29 is 13.2 Å². The van der Waals surface area contributed by atoms with Crippen LogP contribution in [0.25, 0.3) is 5.73 Å². The Kier molecular flexibility index (Phi) is 2.00. The number of rotatable bonds is 0. The van der Waals surface area contributed by atoms with Gasteiger partial charge in [0.15, 0.2) is 0 Å². The lowest BCUT2D eigenvalue weighted by molar-refractivity contribution is -0.137. The van der Waals surface area contributed by atoms with Crippen molar-refractivity contribution >= 4 is 5.69 Å². The third kappa shape index (κ3) is 1.69. The standard InChI is InChI=1S/C8H7F3N/c1-5-4-6(8(9,10)11)2-3-7(5)12/h2-4,12H,1H3/q-1. The van der Waals surface area contributed by atoms with E-state index in [4.69, 9.17) is 5.73 Å². The summed E-state index contributed by atoms with van der Waals surface area (Å²) in [6.07, 6.45) is -4.31. The first-order chi connectivity index (χ1) is 5.41. The zero-order chi connectivity index (χ0) is 9.35. The molecule has 1 aromatic carbocycles. The number of alkyl halides is 3. The molecule has 0 heterocycles. The third-order valence-electron chi connectivity index (χ3n) is 1.55. The molecule has 0 radical (unpaired) electrons. The molecular weight excluding hydrogens is 167 g/mol. The van der Waals surface area contributed by atoms with Crippen LogP contribution in [-0.2, 0) is 6.18 Å². The summed E-state index contributed by atoms with van der Waals surface area (Å²) in [5.74, 6) is 0. The van der Waals surface area contributed by atoms with Crippen LogP contribution < -0.4 is 0 Å². The predicted octanol–water partition coefficient (Wildman–Crippen LogP) is 3.70. The van der Waals surface area contributed by atoms with Gasteiger partial charge in [0.25, 0.3) is 0 Å². The van der Waals surface area contributed by atoms with E-state index < -0.39 is 11.7 Å². The number of nitrogens with one attached hydrogen (secondary N) is 1. The molecule has 12 heavy (non-hydrogen) atoms. The van der Waals surface area contributed by atoms with Crippen molar-refractivity contribution in [1.82, 2.24) is 0 Å². The molecule has 0 saturated carbocycles. The van der Waals surface area contributed by atoms with Gasteiger partial charge < -0.3 is 5.73 Å². The van der Waals surface area contributed by atoms with Gasteiger partial charge in [-0.2, -0.15) is 13.2 Å². The number of hydrogen-bond donors (Lipinski definition) is 0. The first-order valence-electron chi connectivity index (χ1n) is 3.30. The van der Waals surface area contributed by atoms with Crippen molar-refractivity contribution in [2.45, 2.75) is 13.1 Å². The molecule has 0 spiro atoms. The van der Waals surface area contributed by atoms with Gasteiger partial charge in [-0.1, -0.05) is 17.7 Å². The van der Waals surface area contributed by atoms with E-state index in [-0.39, 0.29) is 5.69 Å². The zero-order valence-electron chi connectivity index (χ0n) is 6.37. The Bertz CT molecular complexity index is 291. The Labute approximate surface area is 68.0 Å². The summed E-state index contributed by atoms with van der Waals surface area (Å²) in [4.78, 5) is 0. The molecular formula is C8H7F3N-. The lowest BCUT2D eigenvalue weighted by Gasteiger charge is -2.12. The molecule has 1 nitrogen and oxygen atoms in total. The SMILES string of the molecule is Cc1cc(C(F)(F)F)ccc1[NH-]. The van der Waals surface area contributed by atoms with Crippen LogP contribution in [0.15, 0.2) is 18.2 Å². The van der Waals surface area contributed by atoms with Crippen LogP contribution in [-0.4, -0.2) is 0 Å². The summed E-state index contributed by atoms with van der Waals surface area (Å²) < 4.78 is 36.1. The van der Waals surface area contributed by atoms with E-state index in [1.807, 2.05) is 0 Å². The summed E-state index contributed by atoms with van der Waals surface area (Å²) >= 11 is 0. The summed E-state index contributed by atoms with van der Waals surface area (Å²) in [6, 6.07) is 3.04. The average Bonchev–Trinajstić information content (AvgIpc) is 1.92. The van der Waals surface area contributed by atoms with Crippen LogP contribution in [0.2, 0.25) is 0 Å². The molecule has 0 saturated heterocycles. The number of aryl methyl sites for hydroxylation is 1. The summed E-state index contributed by atoms with van der Waals surface area (Å²) in [5.41, 5.74) is 6.92. The highest BCUT2D eigenvalue weighted by Crippen LogP contribution is 2.31. The highest BCUT2D eigenvalue weighted by Gasteiger charge is 2.29. The van der Waals surface area contributed by atoms with E-state index in [0.29, 0.717) is 5.56 Å². The van der Waals surface area contributed by atoms with Crippen molar-refractivity contribution in [2.75, 3.05) is 0 Å². The van der Waals surface area contributed by atoms with Gasteiger partial charge in [0.05, 0.1) is 5.56 Å². The molecule has 0 aliphatic heterocycles. The van der Waals surface area contributed by atoms with E-state index in [0.717, 1.165) is 18.2 Å². The topological polar surface area (TPSA) is 23.8 Å². The van der Waals surface area contributed by atoms with Gasteiger partial charge in [0.2, 0.25) is 0 Å². The largest absolute Gasteiger partial charge is 0.699 e. The minimum absolute atomic E-state index is 0.128. The minimum atomic E-state index is -4.31. The number of hydrogen-bond acceptors (Lipinski definition) is 0. The Morgan fingerprint density at radius 1 is 1.25 bits per heavy atom. The zero-order valence-corrected chi connectivity index (χ0v) is 6.37. The van der Waals surface area contributed by atoms with Crippen LogP contribution in [0.4, 0.5) is 18.9 Å². The van der Waals surface area contributed by atoms with E-state index in [1.54, 1.807) is 0 Å². The molecule has 0 aliphatic rings. The second-order valence-electron chi connectivity index (χ2n) is 2.53. The van der Waals surface area contributed by atoms with Gasteiger partial charge in [-0.15, -0.1) is 5.69 Å². The van der Waals surface area contributed by atoms with Gasteiger partial charge in [0.1, 0.15) is 0 Å². The average molecular weight is 174 g/mol. The summed E-state index contributed by atoms with van der Waals surface area (Å²) in [6.45, 7) is 1.48. The minimum Gasteiger partial charge on any atom is -0.699 e. The predicted molar refractivity (Wildman–Crippen MR) is 40.2 cm³/mol. The molecule has 0 aliphatic carbocycles. The maximum atomic E-state index is 12.0. The van der Waals surface area contributed by atoms with Gasteiger partial charge in [-0.05, 0) is 13.0 Å². The van der Waals surface area contributed by atoms with E-state index in [1.165, 1.54) is 6.92 Å². The monoisotopic (exact) mass is 174 g/mol. The lowest BCUT2D eigenvalue weighted by Crippen LogP contribution is -2.04. The molecule has 1 aromatic rings. The molecule has 0 bridgehead atoms. The second kappa shape index (κ2) is 2.69. The number of benzene rings is 1. The molecule has 66 valence electrons.